The van der Waals surface area contributed by atoms with Crippen LogP contribution in [-0.2, 0) is 11.2 Å². The van der Waals surface area contributed by atoms with Gasteiger partial charge in [0.05, 0.1) is 0 Å². The minimum absolute atomic E-state index is 0.0000813. The minimum Gasteiger partial charge on any atom is -0.296 e. The lowest BCUT2D eigenvalue weighted by Gasteiger charge is -2.42. The Hall–Kier alpha value is -1.05. The van der Waals surface area contributed by atoms with Crippen molar-refractivity contribution >= 4 is 29.0 Å². The van der Waals surface area contributed by atoms with Gasteiger partial charge in [0.25, 0.3) is 0 Å². The van der Waals surface area contributed by atoms with Crippen molar-refractivity contribution in [1.29, 1.82) is 0 Å². The van der Waals surface area contributed by atoms with Crippen molar-refractivity contribution in [1.82, 2.24) is 0 Å². The molecule has 0 aromatic rings. The standard InChI is InChI=1S/C15H10Cl2O/c16-15(17)13-11(14(15)18)7-9-6-8-4-2-1-3-5-10(8)12(9)13/h1-6,11,13H,7H2. The second-order valence-corrected chi connectivity index (χ2v) is 6.52. The highest BCUT2D eigenvalue weighted by molar-refractivity contribution is 6.61. The van der Waals surface area contributed by atoms with E-state index in [1.54, 1.807) is 0 Å². The van der Waals surface area contributed by atoms with Crippen LogP contribution in [0.1, 0.15) is 17.0 Å². The van der Waals surface area contributed by atoms with E-state index in [0.29, 0.717) is 0 Å². The van der Waals surface area contributed by atoms with Gasteiger partial charge in [0.2, 0.25) is 0 Å². The zero-order valence-electron chi connectivity index (χ0n) is 9.49. The molecule has 3 heteroatoms. The van der Waals surface area contributed by atoms with Crippen molar-refractivity contribution in [3.63, 3.8) is 0 Å². The van der Waals surface area contributed by atoms with Gasteiger partial charge < -0.3 is 0 Å². The van der Waals surface area contributed by atoms with Gasteiger partial charge in [-0.25, -0.2) is 0 Å². The highest BCUT2D eigenvalue weighted by Crippen LogP contribution is 2.62. The molecule has 0 aliphatic heterocycles. The Morgan fingerprint density at radius 2 is 1.94 bits per heavy atom. The topological polar surface area (TPSA) is 17.1 Å². The van der Waals surface area contributed by atoms with Gasteiger partial charge in [0, 0.05) is 11.8 Å². The number of Topliss-reactive ketones (excluding diaryl/α,β-unsaturated/α-hetero) is 1. The molecule has 0 N–H and O–H groups in total. The number of carbonyl (C=O) groups is 1. The van der Waals surface area contributed by atoms with Gasteiger partial charge in [-0.1, -0.05) is 59.6 Å². The van der Waals surface area contributed by atoms with Gasteiger partial charge in [-0.2, -0.15) is 0 Å². The minimum atomic E-state index is -1.22. The molecule has 2 unspecified atom stereocenters. The smallest absolute Gasteiger partial charge is 0.183 e. The molecule has 4 aliphatic carbocycles. The second kappa shape index (κ2) is 3.28. The Kier molecular flexibility index (Phi) is 1.98. The first-order chi connectivity index (χ1) is 8.60. The molecule has 1 saturated carbocycles. The van der Waals surface area contributed by atoms with Gasteiger partial charge in [-0.3, -0.25) is 4.79 Å². The van der Waals surface area contributed by atoms with Crippen LogP contribution >= 0.6 is 23.2 Å². The maximum atomic E-state index is 11.9. The molecule has 0 aromatic heterocycles. The number of halogens is 2. The van der Waals surface area contributed by atoms with E-state index in [9.17, 15) is 4.79 Å². The van der Waals surface area contributed by atoms with Crippen LogP contribution in [0.3, 0.4) is 0 Å². The van der Waals surface area contributed by atoms with E-state index >= 15 is 0 Å². The third-order valence-corrected chi connectivity index (χ3v) is 5.09. The fraction of sp³-hybridized carbons (Fsp3) is 0.267. The van der Waals surface area contributed by atoms with Gasteiger partial charge in [-0.15, -0.1) is 0 Å². The van der Waals surface area contributed by atoms with Crippen LogP contribution in [0.2, 0.25) is 0 Å². The number of hydrogen-bond donors (Lipinski definition) is 0. The molecule has 1 fully saturated rings. The number of hydrogen-bond acceptors (Lipinski definition) is 1. The lowest BCUT2D eigenvalue weighted by Crippen LogP contribution is -2.52. The maximum absolute atomic E-state index is 11.9. The molecule has 1 nitrogen and oxygen atoms in total. The molecule has 2 atom stereocenters. The van der Waals surface area contributed by atoms with Crippen LogP contribution in [0.25, 0.3) is 11.1 Å². The molecule has 4 aliphatic rings. The Balaban J connectivity index is 1.96. The number of alkyl halides is 2. The molecular formula is C15H10Cl2O. The van der Waals surface area contributed by atoms with Crippen molar-refractivity contribution in [2.75, 3.05) is 0 Å². The summed E-state index contributed by atoms with van der Waals surface area (Å²) in [6, 6.07) is 12.4. The summed E-state index contributed by atoms with van der Waals surface area (Å²) in [6.45, 7) is 0. The normalized spacial score (nSPS) is 27.8. The van der Waals surface area contributed by atoms with E-state index in [-0.39, 0.29) is 17.6 Å². The monoisotopic (exact) mass is 276 g/mol. The SMILES string of the molecule is O=C1C2Cc3cc4cccccc-4c3C2C1(Cl)Cl. The van der Waals surface area contributed by atoms with Crippen LogP contribution in [-0.4, -0.2) is 10.1 Å². The quantitative estimate of drug-likeness (QED) is 0.669. The number of fused-ring (bicyclic) bond motifs is 5. The fourth-order valence-electron chi connectivity index (χ4n) is 3.45. The summed E-state index contributed by atoms with van der Waals surface area (Å²) < 4.78 is -1.22. The summed E-state index contributed by atoms with van der Waals surface area (Å²) in [5.41, 5.74) is 4.81. The first-order valence-corrected chi connectivity index (χ1v) is 6.79. The van der Waals surface area contributed by atoms with E-state index < -0.39 is 4.33 Å². The van der Waals surface area contributed by atoms with Crippen LogP contribution in [0, 0.1) is 5.92 Å². The van der Waals surface area contributed by atoms with E-state index in [4.69, 9.17) is 23.2 Å². The summed E-state index contributed by atoms with van der Waals surface area (Å²) in [7, 11) is 0. The first-order valence-electron chi connectivity index (χ1n) is 6.03. The Labute approximate surface area is 115 Å². The zero-order valence-corrected chi connectivity index (χ0v) is 11.0. The van der Waals surface area contributed by atoms with E-state index in [2.05, 4.69) is 18.2 Å². The summed E-state index contributed by atoms with van der Waals surface area (Å²) in [5.74, 6) is -0.0383. The van der Waals surface area contributed by atoms with Crippen molar-refractivity contribution < 1.29 is 4.79 Å². The molecule has 0 heterocycles. The maximum Gasteiger partial charge on any atom is 0.183 e. The Morgan fingerprint density at radius 1 is 1.17 bits per heavy atom. The predicted molar refractivity (Wildman–Crippen MR) is 72.4 cm³/mol. The van der Waals surface area contributed by atoms with Crippen molar-refractivity contribution in [3.05, 3.63) is 47.5 Å². The fourth-order valence-corrected chi connectivity index (χ4v) is 4.25. The lowest BCUT2D eigenvalue weighted by molar-refractivity contribution is -0.131. The molecule has 0 bridgehead atoms. The molecule has 18 heavy (non-hydrogen) atoms. The molecule has 4 rings (SSSR count). The number of rotatable bonds is 0. The summed E-state index contributed by atoms with van der Waals surface area (Å²) in [5, 5.41) is 0. The van der Waals surface area contributed by atoms with Crippen molar-refractivity contribution in [2.24, 2.45) is 5.92 Å². The highest BCUT2D eigenvalue weighted by Gasteiger charge is 2.64. The predicted octanol–water partition coefficient (Wildman–Crippen LogP) is 3.80. The molecule has 0 spiro atoms. The number of ketones is 1. The van der Waals surface area contributed by atoms with Crippen LogP contribution in [0.4, 0.5) is 0 Å². The van der Waals surface area contributed by atoms with E-state index in [1.165, 1.54) is 22.3 Å². The van der Waals surface area contributed by atoms with E-state index in [0.717, 1.165) is 6.42 Å². The van der Waals surface area contributed by atoms with Crippen molar-refractivity contribution in [3.8, 4) is 11.1 Å². The molecule has 90 valence electrons. The van der Waals surface area contributed by atoms with Gasteiger partial charge in [0.1, 0.15) is 0 Å². The third-order valence-electron chi connectivity index (χ3n) is 4.25. The molecule has 0 amide bonds. The second-order valence-electron chi connectivity index (χ2n) is 5.14. The Morgan fingerprint density at radius 3 is 2.78 bits per heavy atom. The molecule has 0 aromatic carbocycles. The third kappa shape index (κ3) is 1.12. The molecular weight excluding hydrogens is 267 g/mol. The average Bonchev–Trinajstić information content (AvgIpc) is 2.74. The summed E-state index contributed by atoms with van der Waals surface area (Å²) >= 11 is 12.4. The Bertz CT molecular complexity index is 647. The van der Waals surface area contributed by atoms with Gasteiger partial charge in [-0.05, 0) is 28.7 Å². The van der Waals surface area contributed by atoms with Gasteiger partial charge in [0.15, 0.2) is 10.1 Å². The van der Waals surface area contributed by atoms with Gasteiger partial charge >= 0.3 is 0 Å². The van der Waals surface area contributed by atoms with Crippen LogP contribution in [0.15, 0.2) is 36.4 Å². The van der Waals surface area contributed by atoms with Crippen LogP contribution < -0.4 is 0 Å². The zero-order chi connectivity index (χ0) is 12.5. The van der Waals surface area contributed by atoms with E-state index in [1.807, 2.05) is 18.2 Å². The van der Waals surface area contributed by atoms with Crippen LogP contribution in [0.5, 0.6) is 0 Å². The molecule has 0 saturated heterocycles. The molecule has 0 radical (unpaired) electrons. The number of carbonyl (C=O) groups excluding carboxylic acids is 1. The average molecular weight is 277 g/mol. The summed E-state index contributed by atoms with van der Waals surface area (Å²) in [6.07, 6.45) is 0.790. The largest absolute Gasteiger partial charge is 0.296 e. The summed E-state index contributed by atoms with van der Waals surface area (Å²) in [4.78, 5) is 11.9. The lowest BCUT2D eigenvalue weighted by atomic mass is 9.71. The first kappa shape index (κ1) is 10.8. The van der Waals surface area contributed by atoms with Crippen molar-refractivity contribution in [2.45, 2.75) is 16.7 Å². The highest BCUT2D eigenvalue weighted by atomic mass is 35.5.